The lowest BCUT2D eigenvalue weighted by Crippen LogP contribution is -2.44. The highest BCUT2D eigenvalue weighted by molar-refractivity contribution is 7.89. The fourth-order valence-corrected chi connectivity index (χ4v) is 4.33. The van der Waals surface area contributed by atoms with Crippen molar-refractivity contribution in [2.45, 2.75) is 45.1 Å². The number of nitrogens with one attached hydrogen (secondary N) is 2. The van der Waals surface area contributed by atoms with E-state index in [4.69, 9.17) is 0 Å². The molecular weight excluding hydrogens is 386 g/mol. The van der Waals surface area contributed by atoms with Crippen molar-refractivity contribution in [2.24, 2.45) is 5.92 Å². The van der Waals surface area contributed by atoms with Gasteiger partial charge in [-0.3, -0.25) is 4.79 Å². The van der Waals surface area contributed by atoms with Gasteiger partial charge in [-0.25, -0.2) is 8.42 Å². The van der Waals surface area contributed by atoms with E-state index in [2.05, 4.69) is 10.0 Å². The maximum atomic E-state index is 12.9. The highest BCUT2D eigenvalue weighted by atomic mass is 32.2. The van der Waals surface area contributed by atoms with Crippen LogP contribution in [0.2, 0.25) is 0 Å². The smallest absolute Gasteiger partial charge is 0.242 e. The molecule has 2 aromatic carbocycles. The number of anilines is 2. The Bertz CT molecular complexity index is 952. The Morgan fingerprint density at radius 1 is 1.03 bits per heavy atom. The van der Waals surface area contributed by atoms with Crippen molar-refractivity contribution >= 4 is 27.3 Å². The van der Waals surface area contributed by atoms with E-state index in [1.165, 1.54) is 0 Å². The van der Waals surface area contributed by atoms with Crippen molar-refractivity contribution < 1.29 is 13.2 Å². The van der Waals surface area contributed by atoms with Gasteiger partial charge in [0.15, 0.2) is 0 Å². The molecule has 1 amide bonds. The van der Waals surface area contributed by atoms with Gasteiger partial charge in [0.05, 0.1) is 4.90 Å². The van der Waals surface area contributed by atoms with Crippen molar-refractivity contribution in [2.75, 3.05) is 24.3 Å². The molecule has 0 saturated carbocycles. The van der Waals surface area contributed by atoms with E-state index in [0.717, 1.165) is 16.8 Å². The van der Waals surface area contributed by atoms with Gasteiger partial charge in [-0.15, -0.1) is 0 Å². The molecule has 158 valence electrons. The molecule has 2 N–H and O–H groups in total. The topological polar surface area (TPSA) is 78.5 Å². The summed E-state index contributed by atoms with van der Waals surface area (Å²) >= 11 is 0. The van der Waals surface area contributed by atoms with E-state index < -0.39 is 16.1 Å². The van der Waals surface area contributed by atoms with E-state index >= 15 is 0 Å². The lowest BCUT2D eigenvalue weighted by atomic mass is 10.0. The van der Waals surface area contributed by atoms with Gasteiger partial charge in [-0.2, -0.15) is 4.72 Å². The highest BCUT2D eigenvalue weighted by Crippen LogP contribution is 2.22. The van der Waals surface area contributed by atoms with E-state index in [1.807, 2.05) is 64.9 Å². The standard InChI is InChI=1S/C22H31N3O3S/c1-15(2)13-20(24-29(27,28)19-10-7-16(3)8-11-19)22(26)23-18-9-12-21(25(5)6)17(4)14-18/h7-12,14-15,20,24H,13H2,1-6H3,(H,23,26). The van der Waals surface area contributed by atoms with Gasteiger partial charge in [0.1, 0.15) is 6.04 Å². The molecule has 2 aromatic rings. The fourth-order valence-electron chi connectivity index (χ4n) is 3.12. The van der Waals surface area contributed by atoms with Gasteiger partial charge in [0.2, 0.25) is 15.9 Å². The zero-order valence-electron chi connectivity index (χ0n) is 18.0. The van der Waals surface area contributed by atoms with Crippen LogP contribution in [-0.2, 0) is 14.8 Å². The van der Waals surface area contributed by atoms with Crippen LogP contribution in [-0.4, -0.2) is 34.5 Å². The molecule has 0 radical (unpaired) electrons. The quantitative estimate of drug-likeness (QED) is 0.686. The third-order valence-electron chi connectivity index (χ3n) is 4.60. The summed E-state index contributed by atoms with van der Waals surface area (Å²) in [5.74, 6) is -0.226. The van der Waals surface area contributed by atoms with Crippen LogP contribution < -0.4 is 14.9 Å². The minimum Gasteiger partial charge on any atom is -0.377 e. The molecule has 7 heteroatoms. The minimum atomic E-state index is -3.80. The molecule has 0 aliphatic rings. The number of sulfonamides is 1. The second-order valence-electron chi connectivity index (χ2n) is 8.00. The maximum absolute atomic E-state index is 12.9. The van der Waals surface area contributed by atoms with Gasteiger partial charge >= 0.3 is 0 Å². The van der Waals surface area contributed by atoms with Crippen LogP contribution in [0.25, 0.3) is 0 Å². The first-order valence-electron chi connectivity index (χ1n) is 9.67. The van der Waals surface area contributed by atoms with Crippen molar-refractivity contribution in [3.8, 4) is 0 Å². The summed E-state index contributed by atoms with van der Waals surface area (Å²) in [6.45, 7) is 7.77. The summed E-state index contributed by atoms with van der Waals surface area (Å²) in [5, 5.41) is 2.85. The van der Waals surface area contributed by atoms with Crippen molar-refractivity contribution in [3.05, 3.63) is 53.6 Å². The number of hydrogen-bond donors (Lipinski definition) is 2. The molecule has 29 heavy (non-hydrogen) atoms. The van der Waals surface area contributed by atoms with Crippen LogP contribution in [0.5, 0.6) is 0 Å². The number of nitrogens with zero attached hydrogens (tertiary/aromatic N) is 1. The lowest BCUT2D eigenvalue weighted by molar-refractivity contribution is -0.118. The van der Waals surface area contributed by atoms with Crippen molar-refractivity contribution in [3.63, 3.8) is 0 Å². The van der Waals surface area contributed by atoms with Gasteiger partial charge in [0.25, 0.3) is 0 Å². The predicted octanol–water partition coefficient (Wildman–Crippen LogP) is 3.70. The molecule has 6 nitrogen and oxygen atoms in total. The molecule has 0 spiro atoms. The SMILES string of the molecule is Cc1ccc(S(=O)(=O)NC(CC(C)C)C(=O)Nc2ccc(N(C)C)c(C)c2)cc1. The largest absolute Gasteiger partial charge is 0.377 e. The number of benzene rings is 2. The summed E-state index contributed by atoms with van der Waals surface area (Å²) in [5.41, 5.74) is 3.69. The Balaban J connectivity index is 2.22. The third-order valence-corrected chi connectivity index (χ3v) is 6.09. The molecule has 0 aliphatic carbocycles. The number of amides is 1. The number of carbonyl (C=O) groups is 1. The Kier molecular flexibility index (Phi) is 7.43. The zero-order valence-corrected chi connectivity index (χ0v) is 18.8. The number of aryl methyl sites for hydroxylation is 2. The van der Waals surface area contributed by atoms with Crippen LogP contribution in [0.3, 0.4) is 0 Å². The summed E-state index contributed by atoms with van der Waals surface area (Å²) in [6, 6.07) is 11.3. The van der Waals surface area contributed by atoms with Gasteiger partial charge in [-0.1, -0.05) is 31.5 Å². The van der Waals surface area contributed by atoms with Crippen molar-refractivity contribution in [1.82, 2.24) is 4.72 Å². The van der Waals surface area contributed by atoms with E-state index in [1.54, 1.807) is 24.3 Å². The summed E-state index contributed by atoms with van der Waals surface area (Å²) in [7, 11) is 0.112. The van der Waals surface area contributed by atoms with Crippen LogP contribution in [0, 0.1) is 19.8 Å². The second-order valence-corrected chi connectivity index (χ2v) is 9.72. The van der Waals surface area contributed by atoms with E-state index in [-0.39, 0.29) is 16.7 Å². The van der Waals surface area contributed by atoms with Crippen LogP contribution in [0.1, 0.15) is 31.4 Å². The highest BCUT2D eigenvalue weighted by Gasteiger charge is 2.26. The number of hydrogen-bond acceptors (Lipinski definition) is 4. The number of carbonyl (C=O) groups excluding carboxylic acids is 1. The third kappa shape index (κ3) is 6.30. The van der Waals surface area contributed by atoms with E-state index in [9.17, 15) is 13.2 Å². The summed E-state index contributed by atoms with van der Waals surface area (Å²) < 4.78 is 28.1. The first-order chi connectivity index (χ1) is 13.5. The maximum Gasteiger partial charge on any atom is 0.242 e. The number of rotatable bonds is 8. The van der Waals surface area contributed by atoms with E-state index in [0.29, 0.717) is 12.1 Å². The first kappa shape index (κ1) is 22.9. The Morgan fingerprint density at radius 2 is 1.66 bits per heavy atom. The molecule has 0 fully saturated rings. The average molecular weight is 418 g/mol. The monoisotopic (exact) mass is 417 g/mol. The molecule has 1 unspecified atom stereocenters. The molecule has 0 aromatic heterocycles. The molecule has 1 atom stereocenters. The molecule has 2 rings (SSSR count). The van der Waals surface area contributed by atoms with Crippen LogP contribution >= 0.6 is 0 Å². The predicted molar refractivity (Wildman–Crippen MR) is 119 cm³/mol. The minimum absolute atomic E-state index is 0.143. The molecule has 0 aliphatic heterocycles. The lowest BCUT2D eigenvalue weighted by Gasteiger charge is -2.21. The van der Waals surface area contributed by atoms with Gasteiger partial charge in [0, 0.05) is 25.5 Å². The molecule has 0 saturated heterocycles. The van der Waals surface area contributed by atoms with Crippen molar-refractivity contribution in [1.29, 1.82) is 0 Å². The molecule has 0 heterocycles. The Morgan fingerprint density at radius 3 is 2.17 bits per heavy atom. The normalized spacial score (nSPS) is 12.7. The zero-order chi connectivity index (χ0) is 21.8. The molecular formula is C22H31N3O3S. The Labute approximate surface area is 174 Å². The van der Waals surface area contributed by atoms with Crippen LogP contribution in [0.4, 0.5) is 11.4 Å². The van der Waals surface area contributed by atoms with Crippen LogP contribution in [0.15, 0.2) is 47.4 Å². The summed E-state index contributed by atoms with van der Waals surface area (Å²) in [6.07, 6.45) is 0.395. The first-order valence-corrected chi connectivity index (χ1v) is 11.2. The van der Waals surface area contributed by atoms with Gasteiger partial charge in [-0.05, 0) is 62.1 Å². The fraction of sp³-hybridized carbons (Fsp3) is 0.409. The molecule has 0 bridgehead atoms. The summed E-state index contributed by atoms with van der Waals surface area (Å²) in [4.78, 5) is 15.0. The van der Waals surface area contributed by atoms with Gasteiger partial charge < -0.3 is 10.2 Å². The second kappa shape index (κ2) is 9.41. The average Bonchev–Trinajstić information content (AvgIpc) is 2.60. The Hall–Kier alpha value is -2.38.